The zero-order valence-corrected chi connectivity index (χ0v) is 12.1. The van der Waals surface area contributed by atoms with E-state index in [0.29, 0.717) is 5.92 Å². The summed E-state index contributed by atoms with van der Waals surface area (Å²) in [6, 6.07) is 1.95. The van der Waals surface area contributed by atoms with Gasteiger partial charge >= 0.3 is 0 Å². The highest BCUT2D eigenvalue weighted by molar-refractivity contribution is 5.22. The molecular weight excluding hydrogens is 250 g/mol. The molecule has 0 unspecified atom stereocenters. The lowest BCUT2D eigenvalue weighted by molar-refractivity contribution is 0.459. The number of piperidine rings is 1. The highest BCUT2D eigenvalue weighted by Gasteiger charge is 2.19. The van der Waals surface area contributed by atoms with Crippen LogP contribution in [0.4, 0.5) is 0 Å². The smallest absolute Gasteiger partial charge is 0.125 e. The normalized spacial score (nSPS) is 16.5. The first kappa shape index (κ1) is 13.2. The summed E-state index contributed by atoms with van der Waals surface area (Å²) in [4.78, 5) is 8.57. The van der Waals surface area contributed by atoms with Gasteiger partial charge in [0, 0.05) is 12.4 Å². The van der Waals surface area contributed by atoms with Crippen LogP contribution in [0.25, 0.3) is 0 Å². The van der Waals surface area contributed by atoms with Gasteiger partial charge in [0.05, 0.1) is 17.9 Å². The van der Waals surface area contributed by atoms with Crippen molar-refractivity contribution in [2.45, 2.75) is 39.2 Å². The quantitative estimate of drug-likeness (QED) is 0.925. The predicted octanol–water partition coefficient (Wildman–Crippen LogP) is 1.81. The molecule has 0 aliphatic carbocycles. The lowest BCUT2D eigenvalue weighted by atomic mass is 9.91. The first-order valence-electron chi connectivity index (χ1n) is 7.25. The third-order valence-electron chi connectivity index (χ3n) is 3.92. The fourth-order valence-electron chi connectivity index (χ4n) is 2.91. The van der Waals surface area contributed by atoms with Crippen molar-refractivity contribution < 1.29 is 0 Å². The highest BCUT2D eigenvalue weighted by atomic mass is 15.3. The summed E-state index contributed by atoms with van der Waals surface area (Å²) >= 11 is 0. The molecule has 106 valence electrons. The van der Waals surface area contributed by atoms with Crippen LogP contribution in [-0.2, 0) is 6.54 Å². The summed E-state index contributed by atoms with van der Waals surface area (Å²) < 4.78 is 2.01. The molecule has 3 heterocycles. The Labute approximate surface area is 119 Å². The van der Waals surface area contributed by atoms with Gasteiger partial charge in [0.25, 0.3) is 0 Å². The molecule has 5 heteroatoms. The van der Waals surface area contributed by atoms with E-state index < -0.39 is 0 Å². The van der Waals surface area contributed by atoms with Gasteiger partial charge in [-0.25, -0.2) is 9.97 Å². The number of nitrogens with zero attached hydrogens (tertiary/aromatic N) is 4. The van der Waals surface area contributed by atoms with Crippen molar-refractivity contribution in [3.8, 4) is 0 Å². The van der Waals surface area contributed by atoms with Gasteiger partial charge in [-0.3, -0.25) is 4.68 Å². The Morgan fingerprint density at radius 3 is 2.85 bits per heavy atom. The topological polar surface area (TPSA) is 55.6 Å². The number of aromatic nitrogens is 4. The van der Waals surface area contributed by atoms with Gasteiger partial charge in [-0.05, 0) is 57.3 Å². The predicted molar refractivity (Wildman–Crippen MR) is 77.7 cm³/mol. The van der Waals surface area contributed by atoms with Crippen LogP contribution >= 0.6 is 0 Å². The summed E-state index contributed by atoms with van der Waals surface area (Å²) in [7, 11) is 0. The second-order valence-corrected chi connectivity index (χ2v) is 5.49. The molecule has 0 bridgehead atoms. The Kier molecular flexibility index (Phi) is 3.78. The minimum absolute atomic E-state index is 0.650. The van der Waals surface area contributed by atoms with Crippen LogP contribution in [0.1, 0.15) is 41.5 Å². The Morgan fingerprint density at radius 2 is 2.10 bits per heavy atom. The zero-order chi connectivity index (χ0) is 13.9. The molecule has 1 saturated heterocycles. The van der Waals surface area contributed by atoms with Gasteiger partial charge < -0.3 is 5.32 Å². The Balaban J connectivity index is 1.78. The van der Waals surface area contributed by atoms with Gasteiger partial charge in [0.15, 0.2) is 0 Å². The van der Waals surface area contributed by atoms with E-state index in [4.69, 9.17) is 0 Å². The summed E-state index contributed by atoms with van der Waals surface area (Å²) in [5, 5.41) is 8.06. The van der Waals surface area contributed by atoms with E-state index in [1.54, 1.807) is 0 Å². The molecule has 1 fully saturated rings. The van der Waals surface area contributed by atoms with E-state index in [9.17, 15) is 0 Å². The van der Waals surface area contributed by atoms with Crippen LogP contribution < -0.4 is 5.32 Å². The second-order valence-electron chi connectivity index (χ2n) is 5.49. The van der Waals surface area contributed by atoms with Crippen molar-refractivity contribution in [3.63, 3.8) is 0 Å². The molecule has 1 aliphatic heterocycles. The minimum atomic E-state index is 0.650. The molecule has 20 heavy (non-hydrogen) atoms. The molecule has 3 rings (SSSR count). The highest BCUT2D eigenvalue weighted by Crippen LogP contribution is 2.27. The second kappa shape index (κ2) is 5.71. The number of hydrogen-bond acceptors (Lipinski definition) is 4. The molecule has 0 amide bonds. The summed E-state index contributed by atoms with van der Waals surface area (Å²) in [5.74, 6) is 1.46. The van der Waals surface area contributed by atoms with E-state index in [1.807, 2.05) is 23.9 Å². The van der Waals surface area contributed by atoms with Crippen LogP contribution in [-0.4, -0.2) is 32.8 Å². The average molecular weight is 271 g/mol. The third kappa shape index (κ3) is 2.88. The Hall–Kier alpha value is -1.75. The molecule has 5 nitrogen and oxygen atoms in total. The van der Waals surface area contributed by atoms with Crippen LogP contribution in [0.3, 0.4) is 0 Å². The number of rotatable bonds is 3. The maximum absolute atomic E-state index is 4.65. The first-order valence-corrected chi connectivity index (χ1v) is 7.25. The van der Waals surface area contributed by atoms with Crippen molar-refractivity contribution >= 4 is 0 Å². The fraction of sp³-hybridized carbons (Fsp3) is 0.533. The standard InChI is InChI=1S/C15H21N5/c1-11-15(13-3-6-16-7-4-13)10-20(19-11)9-14-5-8-17-12(2)18-14/h5,8,10,13,16H,3-4,6-7,9H2,1-2H3. The van der Waals surface area contributed by atoms with Gasteiger partial charge in [-0.2, -0.15) is 5.10 Å². The van der Waals surface area contributed by atoms with Crippen molar-refractivity contribution in [3.05, 3.63) is 41.2 Å². The lowest BCUT2D eigenvalue weighted by Crippen LogP contribution is -2.26. The van der Waals surface area contributed by atoms with Crippen LogP contribution in [0, 0.1) is 13.8 Å². The maximum atomic E-state index is 4.65. The van der Waals surface area contributed by atoms with Gasteiger partial charge in [0.2, 0.25) is 0 Å². The average Bonchev–Trinajstić information content (AvgIpc) is 2.80. The summed E-state index contributed by atoms with van der Waals surface area (Å²) in [6.07, 6.45) is 6.42. The van der Waals surface area contributed by atoms with Crippen LogP contribution in [0.2, 0.25) is 0 Å². The largest absolute Gasteiger partial charge is 0.317 e. The van der Waals surface area contributed by atoms with Gasteiger partial charge in [0.1, 0.15) is 5.82 Å². The number of nitrogens with one attached hydrogen (secondary N) is 1. The lowest BCUT2D eigenvalue weighted by Gasteiger charge is -2.22. The molecule has 0 saturated carbocycles. The molecule has 2 aromatic rings. The van der Waals surface area contributed by atoms with E-state index in [1.165, 1.54) is 18.4 Å². The third-order valence-corrected chi connectivity index (χ3v) is 3.92. The molecule has 1 N–H and O–H groups in total. The molecule has 2 aromatic heterocycles. The number of hydrogen-bond donors (Lipinski definition) is 1. The van der Waals surface area contributed by atoms with E-state index in [-0.39, 0.29) is 0 Å². The monoisotopic (exact) mass is 271 g/mol. The van der Waals surface area contributed by atoms with Crippen molar-refractivity contribution in [2.75, 3.05) is 13.1 Å². The van der Waals surface area contributed by atoms with Crippen LogP contribution in [0.5, 0.6) is 0 Å². The summed E-state index contributed by atoms with van der Waals surface area (Å²) in [5.41, 5.74) is 3.57. The Bertz CT molecular complexity index is 584. The van der Waals surface area contributed by atoms with Gasteiger partial charge in [-0.15, -0.1) is 0 Å². The van der Waals surface area contributed by atoms with Crippen molar-refractivity contribution in [1.82, 2.24) is 25.1 Å². The molecule has 0 spiro atoms. The number of aryl methyl sites for hydroxylation is 2. The minimum Gasteiger partial charge on any atom is -0.317 e. The molecule has 0 atom stereocenters. The molecule has 0 radical (unpaired) electrons. The van der Waals surface area contributed by atoms with Crippen LogP contribution in [0.15, 0.2) is 18.5 Å². The van der Waals surface area contributed by atoms with E-state index >= 15 is 0 Å². The molecular formula is C15H21N5. The molecule has 1 aliphatic rings. The van der Waals surface area contributed by atoms with E-state index in [0.717, 1.165) is 36.8 Å². The van der Waals surface area contributed by atoms with Crippen molar-refractivity contribution in [1.29, 1.82) is 0 Å². The maximum Gasteiger partial charge on any atom is 0.125 e. The fourth-order valence-corrected chi connectivity index (χ4v) is 2.91. The Morgan fingerprint density at radius 1 is 1.30 bits per heavy atom. The van der Waals surface area contributed by atoms with Crippen molar-refractivity contribution in [2.24, 2.45) is 0 Å². The summed E-state index contributed by atoms with van der Waals surface area (Å²) in [6.45, 7) is 6.97. The first-order chi connectivity index (χ1) is 9.72. The molecule has 0 aromatic carbocycles. The van der Waals surface area contributed by atoms with Gasteiger partial charge in [-0.1, -0.05) is 0 Å². The zero-order valence-electron chi connectivity index (χ0n) is 12.1. The SMILES string of the molecule is Cc1nccc(Cn2cc(C3CCNCC3)c(C)n2)n1. The van der Waals surface area contributed by atoms with E-state index in [2.05, 4.69) is 33.5 Å².